The number of amides is 5. The lowest BCUT2D eigenvalue weighted by atomic mass is 9.97. The quantitative estimate of drug-likeness (QED) is 0.0413. The maximum Gasteiger partial charge on any atom is 0.243 e. The first-order chi connectivity index (χ1) is 32.1. The van der Waals surface area contributed by atoms with Crippen molar-refractivity contribution in [2.45, 2.75) is 96.4 Å². The number of carbonyl (C=O) groups excluding carboxylic acids is 6. The maximum absolute atomic E-state index is 14.8. The van der Waals surface area contributed by atoms with Crippen LogP contribution in [0.2, 0.25) is 0 Å². The van der Waals surface area contributed by atoms with Gasteiger partial charge in [0.2, 0.25) is 29.5 Å². The van der Waals surface area contributed by atoms with Crippen molar-refractivity contribution in [3.05, 3.63) is 138 Å². The summed E-state index contributed by atoms with van der Waals surface area (Å²) in [7, 11) is 0. The van der Waals surface area contributed by atoms with Gasteiger partial charge in [-0.3, -0.25) is 34.1 Å². The molecule has 0 saturated carbocycles. The monoisotopic (exact) mass is 910 g/mol. The third-order valence-electron chi connectivity index (χ3n) is 11.7. The molecule has 4 aromatic carbocycles. The van der Waals surface area contributed by atoms with Crippen LogP contribution in [0.1, 0.15) is 62.8 Å². The van der Waals surface area contributed by atoms with E-state index in [0.29, 0.717) is 12.0 Å². The van der Waals surface area contributed by atoms with Crippen LogP contribution in [0.15, 0.2) is 116 Å². The van der Waals surface area contributed by atoms with Crippen LogP contribution in [0.25, 0.3) is 21.8 Å². The number of fused-ring (bicyclic) bond motifs is 2. The molecule has 0 aliphatic carbocycles. The molecule has 0 aliphatic rings. The molecule has 67 heavy (non-hydrogen) atoms. The lowest BCUT2D eigenvalue weighted by Gasteiger charge is -2.27. The molecule has 2 heterocycles. The van der Waals surface area contributed by atoms with Crippen LogP contribution in [0.4, 0.5) is 0 Å². The number of nitrogens with one attached hydrogen (secondary N) is 7. The topological polar surface area (TPSA) is 240 Å². The van der Waals surface area contributed by atoms with Crippen molar-refractivity contribution in [2.75, 3.05) is 6.54 Å². The summed E-state index contributed by atoms with van der Waals surface area (Å²) < 4.78 is 0. The van der Waals surface area contributed by atoms with E-state index in [1.807, 2.05) is 107 Å². The maximum atomic E-state index is 14.8. The van der Waals surface area contributed by atoms with E-state index in [0.717, 1.165) is 38.5 Å². The highest BCUT2D eigenvalue weighted by atomic mass is 16.3. The van der Waals surface area contributed by atoms with Crippen LogP contribution in [0.3, 0.4) is 0 Å². The zero-order valence-electron chi connectivity index (χ0n) is 38.4. The molecule has 0 saturated heterocycles. The molecule has 352 valence electrons. The first kappa shape index (κ1) is 49.2. The third kappa shape index (κ3) is 14.1. The normalized spacial score (nSPS) is 13.7. The molecule has 0 fully saturated rings. The minimum atomic E-state index is -1.23. The zero-order valence-corrected chi connectivity index (χ0v) is 38.4. The number of aromatic amines is 2. The fourth-order valence-corrected chi connectivity index (χ4v) is 8.24. The molecular weight excluding hydrogens is 849 g/mol. The largest absolute Gasteiger partial charge is 0.508 e. The summed E-state index contributed by atoms with van der Waals surface area (Å²) in [5.74, 6) is -3.10. The smallest absolute Gasteiger partial charge is 0.243 e. The summed E-state index contributed by atoms with van der Waals surface area (Å²) >= 11 is 0. The number of Topliss-reactive ketones (excluding diaryl/α,β-unsaturated/α-hetero) is 1. The number of para-hydroxylation sites is 2. The Labute approximate surface area is 390 Å². The number of phenols is 1. The molecule has 2 aromatic heterocycles. The summed E-state index contributed by atoms with van der Waals surface area (Å²) in [6, 6.07) is 25.2. The number of H-pyrrole nitrogens is 2. The SMILES string of the molecule is CC(C)C[C@H](NCC(=O)[C@H](CC(C)C)NC(=O)[C@@H](Cc1c[nH]c2ccccc12)NC(=O)[C@H](Cc1ccccc1)NC(=O)[C@@H](Cc1c[nH]c2ccccc12)NC(=O)Cc1ccc(O)cc1)C(N)=O. The first-order valence-electron chi connectivity index (χ1n) is 22.8. The number of phenolic OH excluding ortho intramolecular Hbond substituents is 1. The third-order valence-corrected chi connectivity index (χ3v) is 11.7. The second-order valence-electron chi connectivity index (χ2n) is 18.0. The molecule has 0 radical (unpaired) electrons. The van der Waals surface area contributed by atoms with Crippen LogP contribution in [-0.2, 0) is 54.5 Å². The van der Waals surface area contributed by atoms with Gasteiger partial charge < -0.3 is 42.1 Å². The van der Waals surface area contributed by atoms with Crippen LogP contribution in [0.5, 0.6) is 5.75 Å². The lowest BCUT2D eigenvalue weighted by Crippen LogP contribution is -2.59. The Morgan fingerprint density at radius 1 is 0.537 bits per heavy atom. The second kappa shape index (κ2) is 23.3. The van der Waals surface area contributed by atoms with Crippen molar-refractivity contribution in [1.29, 1.82) is 0 Å². The number of carbonyl (C=O) groups is 6. The predicted molar refractivity (Wildman–Crippen MR) is 259 cm³/mol. The summed E-state index contributed by atoms with van der Waals surface area (Å²) in [5, 5.41) is 26.1. The minimum Gasteiger partial charge on any atom is -0.508 e. The zero-order chi connectivity index (χ0) is 48.0. The molecule has 5 amide bonds. The van der Waals surface area contributed by atoms with Gasteiger partial charge in [-0.1, -0.05) is 107 Å². The van der Waals surface area contributed by atoms with E-state index in [4.69, 9.17) is 5.73 Å². The van der Waals surface area contributed by atoms with E-state index >= 15 is 0 Å². The summed E-state index contributed by atoms with van der Waals surface area (Å²) in [5.41, 5.74) is 10.2. The molecule has 15 nitrogen and oxygen atoms in total. The molecule has 6 rings (SSSR count). The van der Waals surface area contributed by atoms with Gasteiger partial charge in [-0.05, 0) is 71.2 Å². The number of hydrogen-bond donors (Lipinski definition) is 9. The Balaban J connectivity index is 1.28. The summed E-state index contributed by atoms with van der Waals surface area (Å²) in [4.78, 5) is 90.0. The van der Waals surface area contributed by atoms with E-state index in [1.54, 1.807) is 24.5 Å². The Hall–Kier alpha value is -7.26. The van der Waals surface area contributed by atoms with E-state index in [1.165, 1.54) is 12.1 Å². The van der Waals surface area contributed by atoms with Crippen molar-refractivity contribution in [2.24, 2.45) is 17.6 Å². The number of hydrogen-bond acceptors (Lipinski definition) is 8. The average Bonchev–Trinajstić information content (AvgIpc) is 3.91. The number of benzene rings is 4. The van der Waals surface area contributed by atoms with Gasteiger partial charge in [0.25, 0.3) is 0 Å². The van der Waals surface area contributed by atoms with Crippen LogP contribution in [-0.4, -0.2) is 87.1 Å². The van der Waals surface area contributed by atoms with E-state index in [2.05, 4.69) is 36.6 Å². The molecule has 0 unspecified atom stereocenters. The van der Waals surface area contributed by atoms with Crippen molar-refractivity contribution >= 4 is 57.1 Å². The van der Waals surface area contributed by atoms with Gasteiger partial charge >= 0.3 is 0 Å². The Morgan fingerprint density at radius 3 is 1.52 bits per heavy atom. The number of primary amides is 1. The second-order valence-corrected chi connectivity index (χ2v) is 18.0. The van der Waals surface area contributed by atoms with Crippen LogP contribution < -0.4 is 32.3 Å². The van der Waals surface area contributed by atoms with Crippen molar-refractivity contribution < 1.29 is 33.9 Å². The fraction of sp³-hybridized carbons (Fsp3) is 0.346. The standard InChI is InChI=1S/C52H62N8O7/c1-31(2)22-42(47(62)30-56-43(49(53)64)23-32(3)4)58-52(67)46(27-36-29-55-41-17-11-9-15-39(36)41)60-50(65)44(24-33-12-6-5-7-13-33)59-51(66)45(26-35-28-54-40-16-10-8-14-38(35)40)57-48(63)25-34-18-20-37(61)21-19-34/h5-21,28-29,31-32,42-46,54-56,61H,22-27,30H2,1-4H3,(H2,53,64)(H,57,63)(H,58,67)(H,59,66)(H,60,65)/t42-,43-,44-,45+,46+/m0/s1. The summed E-state index contributed by atoms with van der Waals surface area (Å²) in [6.45, 7) is 7.53. The highest BCUT2D eigenvalue weighted by Crippen LogP contribution is 2.22. The Kier molecular flexibility index (Phi) is 17.1. The van der Waals surface area contributed by atoms with Crippen molar-refractivity contribution in [3.63, 3.8) is 0 Å². The number of aromatic hydroxyl groups is 1. The molecular formula is C52H62N8O7. The van der Waals surface area contributed by atoms with Gasteiger partial charge in [0, 0.05) is 53.5 Å². The van der Waals surface area contributed by atoms with Gasteiger partial charge in [0.15, 0.2) is 5.78 Å². The predicted octanol–water partition coefficient (Wildman–Crippen LogP) is 4.67. The lowest BCUT2D eigenvalue weighted by molar-refractivity contribution is -0.134. The highest BCUT2D eigenvalue weighted by molar-refractivity contribution is 5.97. The number of aromatic nitrogens is 2. The van der Waals surface area contributed by atoms with Gasteiger partial charge in [-0.2, -0.15) is 0 Å². The number of nitrogens with two attached hydrogens (primary N) is 1. The van der Waals surface area contributed by atoms with Crippen molar-refractivity contribution in [1.82, 2.24) is 36.6 Å². The van der Waals surface area contributed by atoms with Gasteiger partial charge in [0.1, 0.15) is 23.9 Å². The Morgan fingerprint density at radius 2 is 1.00 bits per heavy atom. The van der Waals surface area contributed by atoms with E-state index in [9.17, 15) is 33.9 Å². The average molecular weight is 911 g/mol. The van der Waals surface area contributed by atoms with Crippen LogP contribution >= 0.6 is 0 Å². The molecule has 6 aromatic rings. The van der Waals surface area contributed by atoms with Crippen molar-refractivity contribution in [3.8, 4) is 5.75 Å². The summed E-state index contributed by atoms with van der Waals surface area (Å²) in [6.07, 6.45) is 4.36. The van der Waals surface area contributed by atoms with Gasteiger partial charge in [0.05, 0.1) is 25.0 Å². The molecule has 0 aliphatic heterocycles. The molecule has 0 bridgehead atoms. The van der Waals surface area contributed by atoms with E-state index < -0.39 is 59.7 Å². The molecule has 15 heteroatoms. The molecule has 10 N–H and O–H groups in total. The van der Waals surface area contributed by atoms with Crippen LogP contribution in [0, 0.1) is 11.8 Å². The minimum absolute atomic E-state index is 0.0113. The first-order valence-corrected chi connectivity index (χ1v) is 22.8. The number of ketones is 1. The number of rotatable bonds is 24. The Bertz CT molecular complexity index is 2640. The highest BCUT2D eigenvalue weighted by Gasteiger charge is 2.33. The van der Waals surface area contributed by atoms with Gasteiger partial charge in [-0.25, -0.2) is 0 Å². The molecule has 5 atom stereocenters. The van der Waals surface area contributed by atoms with E-state index in [-0.39, 0.29) is 62.0 Å². The molecule has 0 spiro atoms. The fourth-order valence-electron chi connectivity index (χ4n) is 8.24. The van der Waals surface area contributed by atoms with Gasteiger partial charge in [-0.15, -0.1) is 0 Å².